The number of anilines is 2. The molecular formula is C11H18ClN3O. The van der Waals surface area contributed by atoms with Crippen LogP contribution in [0.3, 0.4) is 0 Å². The highest BCUT2D eigenvalue weighted by Crippen LogP contribution is 2.13. The van der Waals surface area contributed by atoms with E-state index in [4.69, 9.17) is 5.73 Å². The highest BCUT2D eigenvalue weighted by Gasteiger charge is 2.16. The van der Waals surface area contributed by atoms with Crippen LogP contribution in [0.25, 0.3) is 0 Å². The molecule has 1 aromatic rings. The van der Waals surface area contributed by atoms with Crippen molar-refractivity contribution in [3.05, 3.63) is 18.3 Å². The molecule has 5 heteroatoms. The zero-order valence-corrected chi connectivity index (χ0v) is 10.5. The number of nitrogen functional groups attached to an aromatic ring is 1. The first-order valence-electron chi connectivity index (χ1n) is 5.03. The fourth-order valence-electron chi connectivity index (χ4n) is 1.04. The highest BCUT2D eigenvalue weighted by atomic mass is 35.5. The van der Waals surface area contributed by atoms with Gasteiger partial charge in [0, 0.05) is 5.92 Å². The molecule has 0 aliphatic rings. The second kappa shape index (κ2) is 6.33. The second-order valence-electron chi connectivity index (χ2n) is 3.99. The Bertz CT molecular complexity index is 338. The molecule has 0 radical (unpaired) electrons. The molecule has 0 bridgehead atoms. The van der Waals surface area contributed by atoms with Gasteiger partial charge >= 0.3 is 0 Å². The quantitative estimate of drug-likeness (QED) is 0.856. The maximum absolute atomic E-state index is 11.7. The summed E-state index contributed by atoms with van der Waals surface area (Å²) in [6.07, 6.45) is 1.56. The van der Waals surface area contributed by atoms with Crippen molar-refractivity contribution in [2.45, 2.75) is 20.8 Å². The monoisotopic (exact) mass is 243 g/mol. The van der Waals surface area contributed by atoms with E-state index in [9.17, 15) is 4.79 Å². The third-order valence-electron chi connectivity index (χ3n) is 2.47. The molecule has 3 N–H and O–H groups in total. The predicted octanol–water partition coefficient (Wildman–Crippen LogP) is 2.32. The fraction of sp³-hybridized carbons (Fsp3) is 0.455. The average Bonchev–Trinajstić information content (AvgIpc) is 2.20. The Labute approximate surface area is 102 Å². The molecule has 0 fully saturated rings. The van der Waals surface area contributed by atoms with E-state index in [1.165, 1.54) is 0 Å². The Morgan fingerprint density at radius 1 is 1.38 bits per heavy atom. The molecule has 1 amide bonds. The first kappa shape index (κ1) is 14.7. The first-order valence-corrected chi connectivity index (χ1v) is 5.03. The molecule has 16 heavy (non-hydrogen) atoms. The van der Waals surface area contributed by atoms with Gasteiger partial charge in [-0.3, -0.25) is 4.79 Å². The lowest BCUT2D eigenvalue weighted by Crippen LogP contribution is -2.24. The van der Waals surface area contributed by atoms with Crippen LogP contribution in [0.5, 0.6) is 0 Å². The van der Waals surface area contributed by atoms with Crippen molar-refractivity contribution in [2.24, 2.45) is 11.8 Å². The number of nitrogens with zero attached hydrogens (tertiary/aromatic N) is 1. The van der Waals surface area contributed by atoms with Crippen LogP contribution >= 0.6 is 12.4 Å². The number of aromatic nitrogens is 1. The molecule has 1 aromatic heterocycles. The van der Waals surface area contributed by atoms with E-state index in [1.807, 2.05) is 20.8 Å². The Morgan fingerprint density at radius 3 is 2.44 bits per heavy atom. The minimum Gasteiger partial charge on any atom is -0.384 e. The molecule has 0 saturated heterocycles. The Morgan fingerprint density at radius 2 is 2.00 bits per heavy atom. The van der Waals surface area contributed by atoms with Crippen molar-refractivity contribution >= 4 is 29.8 Å². The largest absolute Gasteiger partial charge is 0.384 e. The van der Waals surface area contributed by atoms with Crippen molar-refractivity contribution in [3.63, 3.8) is 0 Å². The van der Waals surface area contributed by atoms with Gasteiger partial charge in [-0.25, -0.2) is 4.98 Å². The number of hydrogen-bond acceptors (Lipinski definition) is 3. The summed E-state index contributed by atoms with van der Waals surface area (Å²) >= 11 is 0. The summed E-state index contributed by atoms with van der Waals surface area (Å²) in [5.41, 5.74) is 6.12. The van der Waals surface area contributed by atoms with E-state index >= 15 is 0 Å². The number of carbonyl (C=O) groups excluding carboxylic acids is 1. The van der Waals surface area contributed by atoms with Gasteiger partial charge in [0.05, 0.1) is 11.9 Å². The number of pyridine rings is 1. The van der Waals surface area contributed by atoms with E-state index in [1.54, 1.807) is 18.3 Å². The molecule has 0 spiro atoms. The lowest BCUT2D eigenvalue weighted by molar-refractivity contribution is -0.120. The van der Waals surface area contributed by atoms with Gasteiger partial charge in [0.1, 0.15) is 5.82 Å². The third kappa shape index (κ3) is 4.06. The average molecular weight is 244 g/mol. The maximum Gasteiger partial charge on any atom is 0.227 e. The highest BCUT2D eigenvalue weighted by molar-refractivity contribution is 5.92. The lowest BCUT2D eigenvalue weighted by atomic mass is 9.97. The maximum atomic E-state index is 11.7. The molecule has 0 saturated carbocycles. The molecule has 1 atom stereocenters. The van der Waals surface area contributed by atoms with Crippen molar-refractivity contribution in [2.75, 3.05) is 11.1 Å². The molecule has 90 valence electrons. The topological polar surface area (TPSA) is 68.0 Å². The van der Waals surface area contributed by atoms with Crippen molar-refractivity contribution in [1.82, 2.24) is 4.98 Å². The normalized spacial score (nSPS) is 11.8. The SMILES string of the molecule is CC(C)C(C)C(=O)Nc1ccc(N)nc1.Cl. The number of hydrogen-bond donors (Lipinski definition) is 2. The number of rotatable bonds is 3. The Hall–Kier alpha value is -1.29. The summed E-state index contributed by atoms with van der Waals surface area (Å²) in [5.74, 6) is 0.774. The second-order valence-corrected chi connectivity index (χ2v) is 3.99. The summed E-state index contributed by atoms with van der Waals surface area (Å²) in [4.78, 5) is 15.6. The minimum atomic E-state index is -0.0115. The predicted molar refractivity (Wildman–Crippen MR) is 68.5 cm³/mol. The Balaban J connectivity index is 0.00000225. The standard InChI is InChI=1S/C11H17N3O.ClH/c1-7(2)8(3)11(15)14-9-4-5-10(12)13-6-9;/h4-8H,1-3H3,(H2,12,13)(H,14,15);1H. The van der Waals surface area contributed by atoms with Crippen LogP contribution in [0.2, 0.25) is 0 Å². The third-order valence-corrected chi connectivity index (χ3v) is 2.47. The van der Waals surface area contributed by atoms with E-state index in [-0.39, 0.29) is 24.2 Å². The van der Waals surface area contributed by atoms with Crippen LogP contribution < -0.4 is 11.1 Å². The Kier molecular flexibility index (Phi) is 5.82. The summed E-state index contributed by atoms with van der Waals surface area (Å²) < 4.78 is 0. The van der Waals surface area contributed by atoms with Gasteiger partial charge in [-0.15, -0.1) is 12.4 Å². The van der Waals surface area contributed by atoms with Gasteiger partial charge in [0.2, 0.25) is 5.91 Å². The molecule has 0 aromatic carbocycles. The van der Waals surface area contributed by atoms with Gasteiger partial charge < -0.3 is 11.1 Å². The molecule has 4 nitrogen and oxygen atoms in total. The minimum absolute atomic E-state index is 0. The first-order chi connectivity index (χ1) is 7.00. The number of halogens is 1. The van der Waals surface area contributed by atoms with E-state index in [2.05, 4.69) is 10.3 Å². The van der Waals surface area contributed by atoms with E-state index in [0.29, 0.717) is 17.4 Å². The zero-order chi connectivity index (χ0) is 11.4. The molecule has 1 rings (SSSR count). The van der Waals surface area contributed by atoms with Crippen molar-refractivity contribution < 1.29 is 4.79 Å². The van der Waals surface area contributed by atoms with Crippen LogP contribution in [0.15, 0.2) is 18.3 Å². The molecular weight excluding hydrogens is 226 g/mol. The van der Waals surface area contributed by atoms with Crippen LogP contribution in [0.1, 0.15) is 20.8 Å². The van der Waals surface area contributed by atoms with Crippen LogP contribution in [0, 0.1) is 11.8 Å². The smallest absolute Gasteiger partial charge is 0.227 e. The summed E-state index contributed by atoms with van der Waals surface area (Å²) in [6, 6.07) is 3.41. The van der Waals surface area contributed by atoms with E-state index < -0.39 is 0 Å². The molecule has 0 aliphatic heterocycles. The fourth-order valence-corrected chi connectivity index (χ4v) is 1.04. The van der Waals surface area contributed by atoms with Crippen molar-refractivity contribution in [1.29, 1.82) is 0 Å². The van der Waals surface area contributed by atoms with Gasteiger partial charge in [-0.05, 0) is 18.1 Å². The summed E-state index contributed by atoms with van der Waals surface area (Å²) in [5, 5.41) is 2.79. The molecule has 1 unspecified atom stereocenters. The summed E-state index contributed by atoms with van der Waals surface area (Å²) in [6.45, 7) is 5.95. The molecule has 1 heterocycles. The number of nitrogens with one attached hydrogen (secondary N) is 1. The van der Waals surface area contributed by atoms with E-state index in [0.717, 1.165) is 0 Å². The number of amides is 1. The van der Waals surface area contributed by atoms with Crippen LogP contribution in [-0.4, -0.2) is 10.9 Å². The van der Waals surface area contributed by atoms with Crippen LogP contribution in [-0.2, 0) is 4.79 Å². The number of nitrogens with two attached hydrogens (primary N) is 1. The molecule has 0 aliphatic carbocycles. The van der Waals surface area contributed by atoms with Gasteiger partial charge in [0.25, 0.3) is 0 Å². The zero-order valence-electron chi connectivity index (χ0n) is 9.73. The van der Waals surface area contributed by atoms with Gasteiger partial charge in [-0.1, -0.05) is 20.8 Å². The van der Waals surface area contributed by atoms with Crippen molar-refractivity contribution in [3.8, 4) is 0 Å². The van der Waals surface area contributed by atoms with Crippen LogP contribution in [0.4, 0.5) is 11.5 Å². The summed E-state index contributed by atoms with van der Waals surface area (Å²) in [7, 11) is 0. The lowest BCUT2D eigenvalue weighted by Gasteiger charge is -2.14. The van der Waals surface area contributed by atoms with Gasteiger partial charge in [0.15, 0.2) is 0 Å². The van der Waals surface area contributed by atoms with Gasteiger partial charge in [-0.2, -0.15) is 0 Å². The number of carbonyl (C=O) groups is 1.